The first-order chi connectivity index (χ1) is 10.1. The highest BCUT2D eigenvalue weighted by Gasteiger charge is 2.26. The molecule has 1 heterocycles. The van der Waals surface area contributed by atoms with Crippen LogP contribution in [0.4, 0.5) is 5.69 Å². The van der Waals surface area contributed by atoms with Crippen LogP contribution >= 0.6 is 0 Å². The topological polar surface area (TPSA) is 58.6 Å². The second-order valence-electron chi connectivity index (χ2n) is 5.23. The molecule has 0 radical (unpaired) electrons. The predicted octanol–water partition coefficient (Wildman–Crippen LogP) is 2.28. The summed E-state index contributed by atoms with van der Waals surface area (Å²) in [6.45, 7) is 3.20. The highest BCUT2D eigenvalue weighted by Crippen LogP contribution is 2.22. The van der Waals surface area contributed by atoms with Crippen LogP contribution in [0.2, 0.25) is 0 Å². The number of benzene rings is 1. The van der Waals surface area contributed by atoms with Gasteiger partial charge in [0, 0.05) is 37.2 Å². The van der Waals surface area contributed by atoms with Crippen LogP contribution < -0.4 is 10.1 Å². The van der Waals surface area contributed by atoms with Crippen LogP contribution in [0.25, 0.3) is 0 Å². The molecule has 2 amide bonds. The Morgan fingerprint density at radius 3 is 2.67 bits per heavy atom. The van der Waals surface area contributed by atoms with Gasteiger partial charge in [0.25, 0.3) is 0 Å². The van der Waals surface area contributed by atoms with Crippen LogP contribution in [-0.2, 0) is 9.59 Å². The lowest BCUT2D eigenvalue weighted by atomic mass is 9.95. The molecule has 1 aliphatic heterocycles. The molecule has 1 aromatic carbocycles. The quantitative estimate of drug-likeness (QED) is 0.925. The fraction of sp³-hybridized carbons (Fsp3) is 0.500. The molecule has 0 saturated carbocycles. The van der Waals surface area contributed by atoms with E-state index in [4.69, 9.17) is 4.74 Å². The van der Waals surface area contributed by atoms with E-state index in [0.717, 1.165) is 24.3 Å². The molecule has 1 N–H and O–H groups in total. The van der Waals surface area contributed by atoms with E-state index in [1.54, 1.807) is 13.2 Å². The van der Waals surface area contributed by atoms with Gasteiger partial charge < -0.3 is 15.0 Å². The van der Waals surface area contributed by atoms with Gasteiger partial charge in [0.1, 0.15) is 5.75 Å². The number of hydrogen-bond donors (Lipinski definition) is 1. The number of nitrogens with zero attached hydrogens (tertiary/aromatic N) is 1. The summed E-state index contributed by atoms with van der Waals surface area (Å²) in [6.07, 6.45) is 1.98. The summed E-state index contributed by atoms with van der Waals surface area (Å²) in [7, 11) is 1.60. The minimum atomic E-state index is -0.0305. The van der Waals surface area contributed by atoms with Crippen molar-refractivity contribution in [3.05, 3.63) is 24.3 Å². The molecule has 1 fully saturated rings. The molecule has 0 atom stereocenters. The van der Waals surface area contributed by atoms with E-state index < -0.39 is 0 Å². The molecule has 1 aliphatic rings. The van der Waals surface area contributed by atoms with Gasteiger partial charge in [-0.15, -0.1) is 0 Å². The number of nitrogens with one attached hydrogen (secondary N) is 1. The third kappa shape index (κ3) is 3.97. The highest BCUT2D eigenvalue weighted by molar-refractivity contribution is 5.93. The van der Waals surface area contributed by atoms with Gasteiger partial charge >= 0.3 is 0 Å². The first-order valence-corrected chi connectivity index (χ1v) is 7.36. The Hall–Kier alpha value is -2.04. The molecule has 0 spiro atoms. The van der Waals surface area contributed by atoms with Crippen LogP contribution in [0.5, 0.6) is 5.75 Å². The van der Waals surface area contributed by atoms with Gasteiger partial charge in [0.05, 0.1) is 7.11 Å². The summed E-state index contributed by atoms with van der Waals surface area (Å²) >= 11 is 0. The summed E-state index contributed by atoms with van der Waals surface area (Å²) in [5.74, 6) is 0.877. The summed E-state index contributed by atoms with van der Waals surface area (Å²) in [4.78, 5) is 25.7. The second kappa shape index (κ2) is 7.11. The van der Waals surface area contributed by atoms with E-state index in [2.05, 4.69) is 5.32 Å². The predicted molar refractivity (Wildman–Crippen MR) is 81.2 cm³/mol. The van der Waals surface area contributed by atoms with Crippen molar-refractivity contribution in [2.45, 2.75) is 26.2 Å². The number of piperidine rings is 1. The first-order valence-electron chi connectivity index (χ1n) is 7.36. The zero-order chi connectivity index (χ0) is 15.2. The molecule has 1 aromatic rings. The van der Waals surface area contributed by atoms with Crippen LogP contribution in [-0.4, -0.2) is 36.9 Å². The molecule has 114 valence electrons. The number of carbonyl (C=O) groups is 2. The Labute approximate surface area is 125 Å². The third-order valence-corrected chi connectivity index (χ3v) is 3.86. The van der Waals surface area contributed by atoms with Gasteiger partial charge in [-0.1, -0.05) is 13.0 Å². The summed E-state index contributed by atoms with van der Waals surface area (Å²) in [6, 6.07) is 7.32. The Kier molecular flexibility index (Phi) is 5.20. The maximum Gasteiger partial charge on any atom is 0.227 e. The molecule has 0 aromatic heterocycles. The van der Waals surface area contributed by atoms with Crippen LogP contribution in [0, 0.1) is 5.92 Å². The van der Waals surface area contributed by atoms with Gasteiger partial charge in [-0.2, -0.15) is 0 Å². The molecule has 1 saturated heterocycles. The van der Waals surface area contributed by atoms with Gasteiger partial charge in [0.2, 0.25) is 11.8 Å². The van der Waals surface area contributed by atoms with Crippen molar-refractivity contribution >= 4 is 17.5 Å². The normalized spacial score (nSPS) is 15.6. The van der Waals surface area contributed by atoms with Crippen molar-refractivity contribution in [1.82, 2.24) is 4.90 Å². The van der Waals surface area contributed by atoms with Gasteiger partial charge in [0.15, 0.2) is 0 Å². The van der Waals surface area contributed by atoms with Gasteiger partial charge in [-0.05, 0) is 25.0 Å². The van der Waals surface area contributed by atoms with E-state index in [9.17, 15) is 9.59 Å². The standard InChI is InChI=1S/C16H22N2O3/c1-3-15(19)18-9-7-12(8-10-18)16(20)17-13-5-4-6-14(11-13)21-2/h4-6,11-12H,3,7-10H2,1-2H3,(H,17,20). The summed E-state index contributed by atoms with van der Waals surface area (Å²) < 4.78 is 5.14. The van der Waals surface area contributed by atoms with E-state index >= 15 is 0 Å². The molecular formula is C16H22N2O3. The Morgan fingerprint density at radius 2 is 2.05 bits per heavy atom. The third-order valence-electron chi connectivity index (χ3n) is 3.86. The minimum absolute atomic E-state index is 0.0202. The lowest BCUT2D eigenvalue weighted by molar-refractivity contribution is -0.134. The molecule has 21 heavy (non-hydrogen) atoms. The molecular weight excluding hydrogens is 268 g/mol. The van der Waals surface area contributed by atoms with Crippen molar-refractivity contribution in [3.8, 4) is 5.75 Å². The van der Waals surface area contributed by atoms with Crippen molar-refractivity contribution in [2.75, 3.05) is 25.5 Å². The minimum Gasteiger partial charge on any atom is -0.497 e. The second-order valence-corrected chi connectivity index (χ2v) is 5.23. The zero-order valence-corrected chi connectivity index (χ0v) is 12.6. The van der Waals surface area contributed by atoms with E-state index in [1.807, 2.05) is 30.0 Å². The van der Waals surface area contributed by atoms with E-state index in [-0.39, 0.29) is 17.7 Å². The number of likely N-dealkylation sites (tertiary alicyclic amines) is 1. The van der Waals surface area contributed by atoms with Crippen molar-refractivity contribution < 1.29 is 14.3 Å². The van der Waals surface area contributed by atoms with Crippen molar-refractivity contribution in [3.63, 3.8) is 0 Å². The fourth-order valence-corrected chi connectivity index (χ4v) is 2.56. The maximum atomic E-state index is 12.3. The van der Waals surface area contributed by atoms with E-state index in [0.29, 0.717) is 19.5 Å². The lowest BCUT2D eigenvalue weighted by Crippen LogP contribution is -2.41. The average Bonchev–Trinajstić information content (AvgIpc) is 2.54. The van der Waals surface area contributed by atoms with Crippen LogP contribution in [0.15, 0.2) is 24.3 Å². The number of amides is 2. The first kappa shape index (κ1) is 15.4. The number of ether oxygens (including phenoxy) is 1. The zero-order valence-electron chi connectivity index (χ0n) is 12.6. The van der Waals surface area contributed by atoms with Gasteiger partial charge in [-0.25, -0.2) is 0 Å². The Balaban J connectivity index is 1.88. The number of anilines is 1. The number of rotatable bonds is 4. The fourth-order valence-electron chi connectivity index (χ4n) is 2.56. The number of hydrogen-bond acceptors (Lipinski definition) is 3. The monoisotopic (exact) mass is 290 g/mol. The lowest BCUT2D eigenvalue weighted by Gasteiger charge is -2.31. The number of methoxy groups -OCH3 is 1. The van der Waals surface area contributed by atoms with Crippen LogP contribution in [0.1, 0.15) is 26.2 Å². The molecule has 0 bridgehead atoms. The number of carbonyl (C=O) groups excluding carboxylic acids is 2. The smallest absolute Gasteiger partial charge is 0.227 e. The van der Waals surface area contributed by atoms with Crippen LogP contribution in [0.3, 0.4) is 0 Å². The van der Waals surface area contributed by atoms with E-state index in [1.165, 1.54) is 0 Å². The summed E-state index contributed by atoms with van der Waals surface area (Å²) in [5, 5.41) is 2.92. The molecule has 2 rings (SSSR count). The summed E-state index contributed by atoms with van der Waals surface area (Å²) in [5.41, 5.74) is 0.742. The van der Waals surface area contributed by atoms with Crippen molar-refractivity contribution in [2.24, 2.45) is 5.92 Å². The van der Waals surface area contributed by atoms with Gasteiger partial charge in [-0.3, -0.25) is 9.59 Å². The highest BCUT2D eigenvalue weighted by atomic mass is 16.5. The molecule has 0 aliphatic carbocycles. The maximum absolute atomic E-state index is 12.3. The largest absolute Gasteiger partial charge is 0.497 e. The average molecular weight is 290 g/mol. The molecule has 0 unspecified atom stereocenters. The molecule has 5 heteroatoms. The SMILES string of the molecule is CCC(=O)N1CCC(C(=O)Nc2cccc(OC)c2)CC1. The van der Waals surface area contributed by atoms with Crippen molar-refractivity contribution in [1.29, 1.82) is 0 Å². The Morgan fingerprint density at radius 1 is 1.33 bits per heavy atom. The Bertz CT molecular complexity index is 508. The molecule has 5 nitrogen and oxygen atoms in total.